The summed E-state index contributed by atoms with van der Waals surface area (Å²) in [5, 5.41) is 23.7. The first-order valence-electron chi connectivity index (χ1n) is 8.08. The third kappa shape index (κ3) is 6.46. The standard InChI is InChI=1S/C15H14N.C4H11NO2.W/c1-2-7-13(8-3-1)15-14-9-5-4-6-12(14)10-11-16-15;6-3-1-2-5-4-7;/h1-9,15H,10-11H2;5-7H,1-4H2;/q-1;;. The van der Waals surface area contributed by atoms with Crippen molar-refractivity contribution in [2.45, 2.75) is 18.9 Å². The molecular formula is C19H25N2O2W-. The van der Waals surface area contributed by atoms with Crippen LogP contribution in [0.3, 0.4) is 0 Å². The minimum absolute atomic E-state index is 0. The third-order valence-corrected chi connectivity index (χ3v) is 3.78. The van der Waals surface area contributed by atoms with Gasteiger partial charge in [-0.2, -0.15) is 0 Å². The van der Waals surface area contributed by atoms with Gasteiger partial charge in [-0.25, -0.2) is 0 Å². The molecule has 0 saturated heterocycles. The van der Waals surface area contributed by atoms with Crippen LogP contribution in [0.15, 0.2) is 54.6 Å². The van der Waals surface area contributed by atoms with Crippen molar-refractivity contribution in [3.63, 3.8) is 0 Å². The molecule has 0 radical (unpaired) electrons. The predicted molar refractivity (Wildman–Crippen MR) is 93.4 cm³/mol. The number of nitrogens with one attached hydrogen (secondary N) is 1. The molecule has 130 valence electrons. The molecule has 1 unspecified atom stereocenters. The second-order valence-corrected chi connectivity index (χ2v) is 5.40. The first kappa shape index (κ1) is 21.0. The van der Waals surface area contributed by atoms with Crippen molar-refractivity contribution in [3.8, 4) is 0 Å². The maximum Gasteiger partial charge on any atom is 0.0931 e. The van der Waals surface area contributed by atoms with Crippen molar-refractivity contribution in [2.75, 3.05) is 26.4 Å². The van der Waals surface area contributed by atoms with Gasteiger partial charge in [0.25, 0.3) is 0 Å². The van der Waals surface area contributed by atoms with E-state index < -0.39 is 0 Å². The van der Waals surface area contributed by atoms with E-state index in [4.69, 9.17) is 15.5 Å². The summed E-state index contributed by atoms with van der Waals surface area (Å²) >= 11 is 0. The van der Waals surface area contributed by atoms with Gasteiger partial charge in [0.1, 0.15) is 0 Å². The molecule has 0 amide bonds. The van der Waals surface area contributed by atoms with Crippen molar-refractivity contribution < 1.29 is 31.3 Å². The zero-order chi connectivity index (χ0) is 16.3. The number of fused-ring (bicyclic) bond motifs is 1. The van der Waals surface area contributed by atoms with Crippen LogP contribution < -0.4 is 5.32 Å². The number of benzene rings is 2. The van der Waals surface area contributed by atoms with Crippen LogP contribution in [0, 0.1) is 0 Å². The van der Waals surface area contributed by atoms with Crippen LogP contribution in [0.1, 0.15) is 29.2 Å². The average Bonchev–Trinajstić information content (AvgIpc) is 2.63. The summed E-state index contributed by atoms with van der Waals surface area (Å²) in [6, 6.07) is 19.4. The van der Waals surface area contributed by atoms with E-state index in [1.165, 1.54) is 16.7 Å². The molecule has 0 aromatic heterocycles. The quantitative estimate of drug-likeness (QED) is 0.440. The van der Waals surface area contributed by atoms with E-state index >= 15 is 0 Å². The molecule has 0 spiro atoms. The van der Waals surface area contributed by atoms with Gasteiger partial charge >= 0.3 is 0 Å². The van der Waals surface area contributed by atoms with Crippen LogP contribution in [-0.4, -0.2) is 36.6 Å². The molecule has 0 bridgehead atoms. The topological polar surface area (TPSA) is 66.6 Å². The largest absolute Gasteiger partial charge is 0.652 e. The molecular weight excluding hydrogens is 472 g/mol. The molecule has 0 saturated carbocycles. The van der Waals surface area contributed by atoms with Crippen molar-refractivity contribution in [3.05, 3.63) is 76.6 Å². The summed E-state index contributed by atoms with van der Waals surface area (Å²) < 4.78 is 0. The molecule has 1 atom stereocenters. The van der Waals surface area contributed by atoms with Gasteiger partial charge in [0.05, 0.1) is 6.73 Å². The van der Waals surface area contributed by atoms with Crippen LogP contribution in [0.5, 0.6) is 0 Å². The van der Waals surface area contributed by atoms with Crippen molar-refractivity contribution >= 4 is 0 Å². The fourth-order valence-corrected chi connectivity index (χ4v) is 2.64. The predicted octanol–water partition coefficient (Wildman–Crippen LogP) is 2.61. The molecule has 1 aliphatic rings. The zero-order valence-corrected chi connectivity index (χ0v) is 16.7. The number of hydrogen-bond acceptors (Lipinski definition) is 3. The molecule has 4 nitrogen and oxygen atoms in total. The molecule has 2 aromatic rings. The minimum Gasteiger partial charge on any atom is -0.652 e. The van der Waals surface area contributed by atoms with Crippen LogP contribution in [0.4, 0.5) is 0 Å². The van der Waals surface area contributed by atoms with E-state index in [0.29, 0.717) is 13.0 Å². The Morgan fingerprint density at radius 2 is 1.71 bits per heavy atom. The van der Waals surface area contributed by atoms with E-state index in [1.54, 1.807) is 0 Å². The van der Waals surface area contributed by atoms with Crippen molar-refractivity contribution in [2.24, 2.45) is 0 Å². The summed E-state index contributed by atoms with van der Waals surface area (Å²) in [5.41, 5.74) is 4.13. The van der Waals surface area contributed by atoms with E-state index in [-0.39, 0.29) is 40.4 Å². The van der Waals surface area contributed by atoms with Gasteiger partial charge in [0.2, 0.25) is 0 Å². The fourth-order valence-electron chi connectivity index (χ4n) is 2.64. The van der Waals surface area contributed by atoms with Crippen LogP contribution >= 0.6 is 0 Å². The molecule has 2 aromatic carbocycles. The smallest absolute Gasteiger partial charge is 0.0931 e. The number of hydrogen-bond donors (Lipinski definition) is 3. The molecule has 5 heteroatoms. The van der Waals surface area contributed by atoms with E-state index in [1.807, 2.05) is 0 Å². The number of aliphatic hydroxyl groups is 2. The Kier molecular flexibility index (Phi) is 10.8. The molecule has 0 fully saturated rings. The Balaban J connectivity index is 0.000000312. The second kappa shape index (κ2) is 12.3. The van der Waals surface area contributed by atoms with Gasteiger partial charge in [-0.15, -0.1) is 6.54 Å². The molecule has 0 aliphatic carbocycles. The summed E-state index contributed by atoms with van der Waals surface area (Å²) in [6.07, 6.45) is 1.79. The SMILES string of the molecule is OCCCNCO.[W].c1ccc(C2[N-]CCc3ccccc32)cc1. The van der Waals surface area contributed by atoms with Gasteiger partial charge in [-0.05, 0) is 24.9 Å². The van der Waals surface area contributed by atoms with Crippen molar-refractivity contribution in [1.29, 1.82) is 0 Å². The summed E-state index contributed by atoms with van der Waals surface area (Å²) in [6.45, 7) is 1.82. The van der Waals surface area contributed by atoms with Crippen LogP contribution in [0.2, 0.25) is 0 Å². The zero-order valence-electron chi connectivity index (χ0n) is 13.8. The molecule has 3 N–H and O–H groups in total. The number of nitrogens with zero attached hydrogens (tertiary/aromatic N) is 1. The minimum atomic E-state index is 0. The van der Waals surface area contributed by atoms with Crippen molar-refractivity contribution in [1.82, 2.24) is 5.32 Å². The maximum absolute atomic E-state index is 8.17. The van der Waals surface area contributed by atoms with Gasteiger partial charge in [-0.3, -0.25) is 5.32 Å². The Morgan fingerprint density at radius 3 is 2.42 bits per heavy atom. The normalized spacial score (nSPS) is 15.5. The van der Waals surface area contributed by atoms with Gasteiger partial charge in [0, 0.05) is 27.7 Å². The number of rotatable bonds is 5. The monoisotopic (exact) mass is 497 g/mol. The summed E-state index contributed by atoms with van der Waals surface area (Å²) in [7, 11) is 0. The van der Waals surface area contributed by atoms with Crippen LogP contribution in [-0.2, 0) is 27.5 Å². The number of aliphatic hydroxyl groups excluding tert-OH is 2. The van der Waals surface area contributed by atoms with Gasteiger partial charge < -0.3 is 15.5 Å². The second-order valence-electron chi connectivity index (χ2n) is 5.40. The Labute approximate surface area is 158 Å². The fraction of sp³-hybridized carbons (Fsp3) is 0.368. The molecule has 24 heavy (non-hydrogen) atoms. The van der Waals surface area contributed by atoms with E-state index in [9.17, 15) is 0 Å². The van der Waals surface area contributed by atoms with Crippen LogP contribution in [0.25, 0.3) is 5.32 Å². The average molecular weight is 497 g/mol. The first-order valence-corrected chi connectivity index (χ1v) is 8.08. The Bertz CT molecular complexity index is 562. The first-order chi connectivity index (χ1) is 11.4. The maximum atomic E-state index is 8.17. The summed E-state index contributed by atoms with van der Waals surface area (Å²) in [5.74, 6) is 0. The Morgan fingerprint density at radius 1 is 1.00 bits per heavy atom. The van der Waals surface area contributed by atoms with E-state index in [2.05, 4.69) is 59.9 Å². The third-order valence-electron chi connectivity index (χ3n) is 3.78. The van der Waals surface area contributed by atoms with Gasteiger partial charge in [-0.1, -0.05) is 71.8 Å². The molecule has 3 rings (SSSR count). The summed E-state index contributed by atoms with van der Waals surface area (Å²) in [4.78, 5) is 0. The molecule has 1 heterocycles. The van der Waals surface area contributed by atoms with Gasteiger partial charge in [0.15, 0.2) is 0 Å². The van der Waals surface area contributed by atoms with E-state index in [0.717, 1.165) is 13.0 Å². The Hall–Kier alpha value is -1.03. The molecule has 1 aliphatic heterocycles.